The molecule has 5 heteroatoms. The van der Waals surface area contributed by atoms with Crippen LogP contribution in [-0.4, -0.2) is 43.0 Å². The molecular weight excluding hydrogens is 366 g/mol. The number of hydrogen-bond acceptors (Lipinski definition) is 4. The lowest BCUT2D eigenvalue weighted by Crippen LogP contribution is -2.34. The first-order valence-corrected chi connectivity index (χ1v) is 10.5. The third-order valence-corrected chi connectivity index (χ3v) is 6.03. The number of aryl methyl sites for hydroxylation is 3. The van der Waals surface area contributed by atoms with E-state index in [9.17, 15) is 4.79 Å². The number of anilines is 1. The van der Waals surface area contributed by atoms with Gasteiger partial charge in [0.05, 0.1) is 16.6 Å². The largest absolute Gasteiger partial charge is 0.309 e. The van der Waals surface area contributed by atoms with Gasteiger partial charge in [-0.15, -0.1) is 0 Å². The summed E-state index contributed by atoms with van der Waals surface area (Å²) in [6.07, 6.45) is 1.33. The molecule has 0 aliphatic carbocycles. The maximum Gasteiger partial charge on any atom is 0.233 e. The normalized spacial score (nSPS) is 11.4. The van der Waals surface area contributed by atoms with Crippen LogP contribution in [0.15, 0.2) is 36.4 Å². The molecule has 4 nitrogen and oxygen atoms in total. The van der Waals surface area contributed by atoms with E-state index in [2.05, 4.69) is 58.0 Å². The smallest absolute Gasteiger partial charge is 0.233 e. The lowest BCUT2D eigenvalue weighted by Gasteiger charge is -2.22. The molecule has 1 aromatic heterocycles. The third kappa shape index (κ3) is 4.78. The van der Waals surface area contributed by atoms with E-state index in [4.69, 9.17) is 4.98 Å². The minimum absolute atomic E-state index is 0.118. The van der Waals surface area contributed by atoms with E-state index in [0.29, 0.717) is 13.0 Å². The van der Waals surface area contributed by atoms with Gasteiger partial charge in [0.2, 0.25) is 5.91 Å². The summed E-state index contributed by atoms with van der Waals surface area (Å²) in [5.41, 5.74) is 5.69. The van der Waals surface area contributed by atoms with Crippen LogP contribution in [0.4, 0.5) is 5.13 Å². The Morgan fingerprint density at radius 2 is 1.71 bits per heavy atom. The van der Waals surface area contributed by atoms with Crippen molar-refractivity contribution in [3.8, 4) is 0 Å². The number of rotatable bonds is 7. The number of nitrogens with zero attached hydrogens (tertiary/aromatic N) is 3. The molecule has 0 unspecified atom stereocenters. The molecule has 1 amide bonds. The maximum absolute atomic E-state index is 13.3. The van der Waals surface area contributed by atoms with E-state index in [1.165, 1.54) is 16.7 Å². The minimum Gasteiger partial charge on any atom is -0.309 e. The first-order valence-electron chi connectivity index (χ1n) is 9.72. The van der Waals surface area contributed by atoms with Gasteiger partial charge >= 0.3 is 0 Å². The third-order valence-electron chi connectivity index (χ3n) is 4.97. The highest BCUT2D eigenvalue weighted by Gasteiger charge is 2.21. The first-order chi connectivity index (χ1) is 13.3. The van der Waals surface area contributed by atoms with E-state index in [-0.39, 0.29) is 5.91 Å². The van der Waals surface area contributed by atoms with E-state index >= 15 is 0 Å². The Labute approximate surface area is 171 Å². The molecule has 0 radical (unpaired) electrons. The molecule has 0 saturated heterocycles. The fourth-order valence-electron chi connectivity index (χ4n) is 3.58. The molecule has 0 spiro atoms. The predicted octanol–water partition coefficient (Wildman–Crippen LogP) is 4.75. The highest BCUT2D eigenvalue weighted by Crippen LogP contribution is 2.29. The van der Waals surface area contributed by atoms with Crippen LogP contribution in [0.1, 0.15) is 28.7 Å². The Balaban J connectivity index is 1.88. The monoisotopic (exact) mass is 395 g/mol. The maximum atomic E-state index is 13.3. The van der Waals surface area contributed by atoms with Gasteiger partial charge in [-0.05, 0) is 76.7 Å². The van der Waals surface area contributed by atoms with Crippen LogP contribution in [0.2, 0.25) is 0 Å². The van der Waals surface area contributed by atoms with Gasteiger partial charge in [0.25, 0.3) is 0 Å². The number of carbonyl (C=O) groups is 1. The number of fused-ring (bicyclic) bond motifs is 1. The van der Waals surface area contributed by atoms with Crippen molar-refractivity contribution in [1.82, 2.24) is 9.88 Å². The molecule has 148 valence electrons. The second kappa shape index (κ2) is 8.84. The Hall–Kier alpha value is -2.24. The molecular formula is C23H29N3OS. The minimum atomic E-state index is 0.118. The van der Waals surface area contributed by atoms with Gasteiger partial charge in [0.1, 0.15) is 0 Å². The molecule has 0 N–H and O–H groups in total. The number of aromatic nitrogens is 1. The second-order valence-electron chi connectivity index (χ2n) is 7.72. The van der Waals surface area contributed by atoms with Crippen molar-refractivity contribution < 1.29 is 4.79 Å². The first kappa shape index (κ1) is 20.5. The molecule has 3 aromatic rings. The van der Waals surface area contributed by atoms with Gasteiger partial charge in [-0.3, -0.25) is 9.69 Å². The van der Waals surface area contributed by atoms with E-state index in [1.807, 2.05) is 23.1 Å². The van der Waals surface area contributed by atoms with Crippen molar-refractivity contribution in [2.75, 3.05) is 32.1 Å². The van der Waals surface area contributed by atoms with Gasteiger partial charge in [-0.25, -0.2) is 4.98 Å². The van der Waals surface area contributed by atoms with Crippen LogP contribution >= 0.6 is 11.3 Å². The SMILES string of the molecule is Cc1cc(C)c(CC(=O)N(CCCN(C)C)c2nc3ccccc3s2)c(C)c1. The number of thiazole rings is 1. The highest BCUT2D eigenvalue weighted by molar-refractivity contribution is 7.22. The van der Waals surface area contributed by atoms with Crippen LogP contribution in [0, 0.1) is 20.8 Å². The Morgan fingerprint density at radius 3 is 2.36 bits per heavy atom. The van der Waals surface area contributed by atoms with Gasteiger partial charge in [0, 0.05) is 6.54 Å². The zero-order chi connectivity index (χ0) is 20.3. The molecule has 0 saturated carbocycles. The summed E-state index contributed by atoms with van der Waals surface area (Å²) in [6.45, 7) is 7.91. The summed E-state index contributed by atoms with van der Waals surface area (Å²) in [4.78, 5) is 22.1. The molecule has 0 bridgehead atoms. The van der Waals surface area contributed by atoms with Crippen molar-refractivity contribution in [2.24, 2.45) is 0 Å². The standard InChI is InChI=1S/C23H29N3OS/c1-16-13-17(2)19(18(3)14-16)15-22(27)26(12-8-11-25(4)5)23-24-20-9-6-7-10-21(20)28-23/h6-7,9-10,13-14H,8,11-12,15H2,1-5H3. The predicted molar refractivity (Wildman–Crippen MR) is 120 cm³/mol. The summed E-state index contributed by atoms with van der Waals surface area (Å²) < 4.78 is 1.12. The summed E-state index contributed by atoms with van der Waals surface area (Å²) in [5.74, 6) is 0.118. The fraction of sp³-hybridized carbons (Fsp3) is 0.391. The van der Waals surface area contributed by atoms with Gasteiger partial charge < -0.3 is 4.90 Å². The van der Waals surface area contributed by atoms with Crippen molar-refractivity contribution in [3.05, 3.63) is 58.7 Å². The number of amides is 1. The molecule has 1 heterocycles. The van der Waals surface area contributed by atoms with E-state index in [1.54, 1.807) is 11.3 Å². The van der Waals surface area contributed by atoms with Crippen molar-refractivity contribution >= 4 is 32.6 Å². The van der Waals surface area contributed by atoms with Crippen LogP contribution in [0.5, 0.6) is 0 Å². The molecule has 2 aromatic carbocycles. The summed E-state index contributed by atoms with van der Waals surface area (Å²) in [5, 5.41) is 0.798. The average Bonchev–Trinajstić information content (AvgIpc) is 3.05. The summed E-state index contributed by atoms with van der Waals surface area (Å²) >= 11 is 1.59. The van der Waals surface area contributed by atoms with Gasteiger partial charge in [0.15, 0.2) is 5.13 Å². The van der Waals surface area contributed by atoms with Crippen LogP contribution in [-0.2, 0) is 11.2 Å². The second-order valence-corrected chi connectivity index (χ2v) is 8.73. The van der Waals surface area contributed by atoms with Crippen molar-refractivity contribution in [2.45, 2.75) is 33.6 Å². The number of carbonyl (C=O) groups excluding carboxylic acids is 1. The fourth-order valence-corrected chi connectivity index (χ4v) is 4.59. The number of para-hydroxylation sites is 1. The quantitative estimate of drug-likeness (QED) is 0.579. The van der Waals surface area contributed by atoms with Crippen molar-refractivity contribution in [3.63, 3.8) is 0 Å². The Morgan fingerprint density at radius 1 is 1.04 bits per heavy atom. The van der Waals surface area contributed by atoms with E-state index in [0.717, 1.165) is 33.9 Å². The van der Waals surface area contributed by atoms with Crippen LogP contribution in [0.3, 0.4) is 0 Å². The van der Waals surface area contributed by atoms with Crippen molar-refractivity contribution in [1.29, 1.82) is 0 Å². The highest BCUT2D eigenvalue weighted by atomic mass is 32.1. The molecule has 28 heavy (non-hydrogen) atoms. The summed E-state index contributed by atoms with van der Waals surface area (Å²) in [6, 6.07) is 12.4. The topological polar surface area (TPSA) is 36.4 Å². The van der Waals surface area contributed by atoms with Crippen LogP contribution in [0.25, 0.3) is 10.2 Å². The molecule has 0 atom stereocenters. The van der Waals surface area contributed by atoms with Gasteiger partial charge in [-0.1, -0.05) is 41.2 Å². The average molecular weight is 396 g/mol. The Kier molecular flexibility index (Phi) is 6.47. The summed E-state index contributed by atoms with van der Waals surface area (Å²) in [7, 11) is 4.12. The van der Waals surface area contributed by atoms with Crippen LogP contribution < -0.4 is 4.90 Å². The lowest BCUT2D eigenvalue weighted by atomic mass is 9.97. The number of benzene rings is 2. The molecule has 3 rings (SSSR count). The number of hydrogen-bond donors (Lipinski definition) is 0. The molecule has 0 fully saturated rings. The van der Waals surface area contributed by atoms with Gasteiger partial charge in [-0.2, -0.15) is 0 Å². The molecule has 0 aliphatic rings. The zero-order valence-electron chi connectivity index (χ0n) is 17.5. The molecule has 0 aliphatic heterocycles. The Bertz CT molecular complexity index is 921. The lowest BCUT2D eigenvalue weighted by molar-refractivity contribution is -0.118. The zero-order valence-corrected chi connectivity index (χ0v) is 18.3. The van der Waals surface area contributed by atoms with E-state index < -0.39 is 0 Å².